The summed E-state index contributed by atoms with van der Waals surface area (Å²) in [6.07, 6.45) is 1.05. The number of methoxy groups -OCH3 is 2. The van der Waals surface area contributed by atoms with Gasteiger partial charge in [0, 0.05) is 11.3 Å². The Morgan fingerprint density at radius 3 is 2.69 bits per heavy atom. The van der Waals surface area contributed by atoms with Gasteiger partial charge in [-0.05, 0) is 36.9 Å². The minimum absolute atomic E-state index is 0.752. The van der Waals surface area contributed by atoms with Gasteiger partial charge >= 0.3 is 0 Å². The molecule has 0 unspecified atom stereocenters. The van der Waals surface area contributed by atoms with Crippen molar-refractivity contribution in [2.75, 3.05) is 26.5 Å². The second-order valence-electron chi connectivity index (χ2n) is 3.37. The second-order valence-corrected chi connectivity index (χ2v) is 4.48. The highest BCUT2D eigenvalue weighted by atomic mass is 32.2. The van der Waals surface area contributed by atoms with Crippen LogP contribution in [0.3, 0.4) is 0 Å². The summed E-state index contributed by atoms with van der Waals surface area (Å²) in [5, 5.41) is 0. The Morgan fingerprint density at radius 1 is 1.25 bits per heavy atom. The van der Waals surface area contributed by atoms with E-state index in [4.69, 9.17) is 15.2 Å². The van der Waals surface area contributed by atoms with Crippen LogP contribution in [0.15, 0.2) is 18.2 Å². The Bertz CT molecular complexity index is 318. The van der Waals surface area contributed by atoms with Gasteiger partial charge in [0.1, 0.15) is 11.5 Å². The number of benzene rings is 1. The van der Waals surface area contributed by atoms with Gasteiger partial charge in [-0.25, -0.2) is 0 Å². The molecule has 1 aromatic rings. The van der Waals surface area contributed by atoms with E-state index in [9.17, 15) is 0 Å². The zero-order chi connectivity index (χ0) is 11.8. The van der Waals surface area contributed by atoms with Crippen molar-refractivity contribution in [2.45, 2.75) is 12.2 Å². The zero-order valence-corrected chi connectivity index (χ0v) is 10.7. The van der Waals surface area contributed by atoms with E-state index in [1.165, 1.54) is 5.56 Å². The molecule has 2 N–H and O–H groups in total. The SMILES string of the molecule is COc1ccc(OC)c(CSCCCN)c1. The highest BCUT2D eigenvalue weighted by Crippen LogP contribution is 2.27. The van der Waals surface area contributed by atoms with Gasteiger partial charge in [-0.3, -0.25) is 0 Å². The molecule has 0 heterocycles. The smallest absolute Gasteiger partial charge is 0.123 e. The van der Waals surface area contributed by atoms with Crippen molar-refractivity contribution < 1.29 is 9.47 Å². The van der Waals surface area contributed by atoms with Crippen LogP contribution in [0, 0.1) is 0 Å². The van der Waals surface area contributed by atoms with E-state index in [-0.39, 0.29) is 0 Å². The summed E-state index contributed by atoms with van der Waals surface area (Å²) in [6.45, 7) is 0.752. The van der Waals surface area contributed by atoms with Gasteiger partial charge < -0.3 is 15.2 Å². The molecule has 0 amide bonds. The summed E-state index contributed by atoms with van der Waals surface area (Å²) in [5.41, 5.74) is 6.62. The quantitative estimate of drug-likeness (QED) is 0.744. The molecule has 0 aromatic heterocycles. The Hall–Kier alpha value is -0.870. The predicted molar refractivity (Wildman–Crippen MR) is 69.4 cm³/mol. The summed E-state index contributed by atoms with van der Waals surface area (Å²) in [7, 11) is 3.36. The number of ether oxygens (including phenoxy) is 2. The summed E-state index contributed by atoms with van der Waals surface area (Å²) in [6, 6.07) is 5.87. The van der Waals surface area contributed by atoms with E-state index in [2.05, 4.69) is 0 Å². The van der Waals surface area contributed by atoms with Crippen LogP contribution >= 0.6 is 11.8 Å². The van der Waals surface area contributed by atoms with Crippen LogP contribution in [0.4, 0.5) is 0 Å². The molecule has 1 rings (SSSR count). The van der Waals surface area contributed by atoms with Gasteiger partial charge in [-0.15, -0.1) is 0 Å². The van der Waals surface area contributed by atoms with Gasteiger partial charge in [0.15, 0.2) is 0 Å². The third kappa shape index (κ3) is 3.94. The number of hydrogen-bond acceptors (Lipinski definition) is 4. The molecular weight excluding hydrogens is 222 g/mol. The zero-order valence-electron chi connectivity index (χ0n) is 9.86. The lowest BCUT2D eigenvalue weighted by atomic mass is 10.2. The van der Waals surface area contributed by atoms with Crippen molar-refractivity contribution in [1.29, 1.82) is 0 Å². The molecule has 1 aromatic carbocycles. The molecule has 0 aliphatic heterocycles. The Balaban J connectivity index is 2.60. The van der Waals surface area contributed by atoms with E-state index in [1.807, 2.05) is 30.0 Å². The standard InChI is InChI=1S/C12H19NO2S/c1-14-11-4-5-12(15-2)10(8-11)9-16-7-3-6-13/h4-5,8H,3,6-7,9,13H2,1-2H3. The first kappa shape index (κ1) is 13.2. The van der Waals surface area contributed by atoms with Crippen LogP contribution in [-0.4, -0.2) is 26.5 Å². The fraction of sp³-hybridized carbons (Fsp3) is 0.500. The van der Waals surface area contributed by atoms with Gasteiger partial charge in [0.25, 0.3) is 0 Å². The van der Waals surface area contributed by atoms with E-state index < -0.39 is 0 Å². The van der Waals surface area contributed by atoms with E-state index in [0.717, 1.165) is 36.0 Å². The minimum Gasteiger partial charge on any atom is -0.497 e. The highest BCUT2D eigenvalue weighted by molar-refractivity contribution is 7.98. The lowest BCUT2D eigenvalue weighted by molar-refractivity contribution is 0.400. The van der Waals surface area contributed by atoms with E-state index in [0.29, 0.717) is 0 Å². The van der Waals surface area contributed by atoms with Crippen LogP contribution in [0.5, 0.6) is 11.5 Å². The maximum absolute atomic E-state index is 5.45. The third-order valence-corrected chi connectivity index (χ3v) is 3.33. The number of nitrogens with two attached hydrogens (primary N) is 1. The van der Waals surface area contributed by atoms with Crippen LogP contribution in [0.1, 0.15) is 12.0 Å². The Morgan fingerprint density at radius 2 is 2.06 bits per heavy atom. The van der Waals surface area contributed by atoms with Crippen LogP contribution in [-0.2, 0) is 5.75 Å². The number of rotatable bonds is 7. The first-order valence-electron chi connectivity index (χ1n) is 5.30. The maximum atomic E-state index is 5.45. The molecule has 3 nitrogen and oxygen atoms in total. The first-order chi connectivity index (χ1) is 7.81. The molecule has 16 heavy (non-hydrogen) atoms. The van der Waals surface area contributed by atoms with Gasteiger partial charge in [0.05, 0.1) is 14.2 Å². The average Bonchev–Trinajstić information content (AvgIpc) is 2.34. The monoisotopic (exact) mass is 241 g/mol. The molecule has 0 aliphatic carbocycles. The summed E-state index contributed by atoms with van der Waals surface area (Å²) in [5.74, 6) is 3.80. The van der Waals surface area contributed by atoms with Crippen LogP contribution < -0.4 is 15.2 Å². The molecule has 90 valence electrons. The second kappa shape index (κ2) is 7.41. The summed E-state index contributed by atoms with van der Waals surface area (Å²) >= 11 is 1.86. The fourth-order valence-corrected chi connectivity index (χ4v) is 2.32. The third-order valence-electron chi connectivity index (χ3n) is 2.24. The van der Waals surface area contributed by atoms with Crippen molar-refractivity contribution in [1.82, 2.24) is 0 Å². The molecule has 0 bridgehead atoms. The number of thioether (sulfide) groups is 1. The lowest BCUT2D eigenvalue weighted by Gasteiger charge is -2.10. The van der Waals surface area contributed by atoms with Crippen molar-refractivity contribution in [3.8, 4) is 11.5 Å². The minimum atomic E-state index is 0.752. The van der Waals surface area contributed by atoms with Crippen molar-refractivity contribution in [3.63, 3.8) is 0 Å². The fourth-order valence-electron chi connectivity index (χ4n) is 1.36. The molecule has 0 aliphatic rings. The average molecular weight is 241 g/mol. The topological polar surface area (TPSA) is 44.5 Å². The molecule has 0 spiro atoms. The maximum Gasteiger partial charge on any atom is 0.123 e. The van der Waals surface area contributed by atoms with Gasteiger partial charge in [-0.2, -0.15) is 11.8 Å². The van der Waals surface area contributed by atoms with Crippen molar-refractivity contribution in [2.24, 2.45) is 5.73 Å². The summed E-state index contributed by atoms with van der Waals surface area (Å²) in [4.78, 5) is 0. The molecule has 0 saturated heterocycles. The predicted octanol–water partition coefficient (Wildman–Crippen LogP) is 2.29. The van der Waals surface area contributed by atoms with Gasteiger partial charge in [-0.1, -0.05) is 0 Å². The first-order valence-corrected chi connectivity index (χ1v) is 6.46. The van der Waals surface area contributed by atoms with Crippen LogP contribution in [0.2, 0.25) is 0 Å². The Labute approximate surface area is 101 Å². The molecule has 0 atom stereocenters. The molecule has 4 heteroatoms. The van der Waals surface area contributed by atoms with Crippen molar-refractivity contribution >= 4 is 11.8 Å². The molecule has 0 fully saturated rings. The molecular formula is C12H19NO2S. The lowest BCUT2D eigenvalue weighted by Crippen LogP contribution is -2.00. The van der Waals surface area contributed by atoms with Crippen molar-refractivity contribution in [3.05, 3.63) is 23.8 Å². The Kier molecular flexibility index (Phi) is 6.11. The highest BCUT2D eigenvalue weighted by Gasteiger charge is 2.04. The van der Waals surface area contributed by atoms with Crippen LogP contribution in [0.25, 0.3) is 0 Å². The molecule has 0 radical (unpaired) electrons. The van der Waals surface area contributed by atoms with E-state index in [1.54, 1.807) is 14.2 Å². The largest absolute Gasteiger partial charge is 0.497 e. The normalized spacial score (nSPS) is 10.2. The summed E-state index contributed by atoms with van der Waals surface area (Å²) < 4.78 is 10.5. The molecule has 0 saturated carbocycles. The van der Waals surface area contributed by atoms with E-state index >= 15 is 0 Å². The van der Waals surface area contributed by atoms with Gasteiger partial charge in [0.2, 0.25) is 0 Å². The number of hydrogen-bond donors (Lipinski definition) is 1.